The third-order valence-electron chi connectivity index (χ3n) is 2.10. The SMILES string of the molecule is CC(C)(O)C(=O)Nc1ccc(C(F)(F)F)cc1Cl. The third kappa shape index (κ3) is 3.61. The van der Waals surface area contributed by atoms with Gasteiger partial charge in [-0.1, -0.05) is 11.6 Å². The first-order chi connectivity index (χ1) is 8.01. The average Bonchev–Trinajstić information content (AvgIpc) is 2.17. The van der Waals surface area contributed by atoms with Crippen LogP contribution in [0, 0.1) is 0 Å². The summed E-state index contributed by atoms with van der Waals surface area (Å²) in [6.45, 7) is 2.50. The standard InChI is InChI=1S/C11H11ClF3NO2/c1-10(2,18)9(17)16-8-4-3-6(5-7(8)12)11(13,14)15/h3-5,18H,1-2H3,(H,16,17). The Kier molecular flexibility index (Phi) is 3.92. The highest BCUT2D eigenvalue weighted by atomic mass is 35.5. The number of nitrogens with one attached hydrogen (secondary N) is 1. The van der Waals surface area contributed by atoms with Crippen molar-refractivity contribution in [2.24, 2.45) is 0 Å². The molecule has 0 aromatic heterocycles. The number of carbonyl (C=O) groups excluding carboxylic acids is 1. The molecule has 0 saturated carbocycles. The van der Waals surface area contributed by atoms with E-state index in [2.05, 4.69) is 5.32 Å². The first-order valence-corrected chi connectivity index (χ1v) is 5.30. The van der Waals surface area contributed by atoms with E-state index in [4.69, 9.17) is 11.6 Å². The number of halogens is 4. The van der Waals surface area contributed by atoms with Gasteiger partial charge in [-0.3, -0.25) is 4.79 Å². The van der Waals surface area contributed by atoms with Crippen LogP contribution >= 0.6 is 11.6 Å². The molecule has 7 heteroatoms. The summed E-state index contributed by atoms with van der Waals surface area (Å²) in [5, 5.41) is 11.4. The van der Waals surface area contributed by atoms with E-state index in [1.165, 1.54) is 13.8 Å². The minimum Gasteiger partial charge on any atom is -0.381 e. The van der Waals surface area contributed by atoms with Crippen LogP contribution in [0.25, 0.3) is 0 Å². The van der Waals surface area contributed by atoms with Crippen LogP contribution in [0.3, 0.4) is 0 Å². The molecule has 0 fully saturated rings. The third-order valence-corrected chi connectivity index (χ3v) is 2.41. The lowest BCUT2D eigenvalue weighted by atomic mass is 10.1. The number of rotatable bonds is 2. The first kappa shape index (κ1) is 14.8. The van der Waals surface area contributed by atoms with E-state index in [9.17, 15) is 23.1 Å². The monoisotopic (exact) mass is 281 g/mol. The van der Waals surface area contributed by atoms with Crippen molar-refractivity contribution >= 4 is 23.2 Å². The van der Waals surface area contributed by atoms with Gasteiger partial charge < -0.3 is 10.4 Å². The molecule has 2 N–H and O–H groups in total. The van der Waals surface area contributed by atoms with Crippen LogP contribution in [0.1, 0.15) is 19.4 Å². The summed E-state index contributed by atoms with van der Waals surface area (Å²) < 4.78 is 37.1. The summed E-state index contributed by atoms with van der Waals surface area (Å²) in [6, 6.07) is 2.54. The molecule has 0 radical (unpaired) electrons. The largest absolute Gasteiger partial charge is 0.416 e. The number of alkyl halides is 3. The summed E-state index contributed by atoms with van der Waals surface area (Å²) in [6.07, 6.45) is -4.50. The van der Waals surface area contributed by atoms with Crippen molar-refractivity contribution in [1.82, 2.24) is 0 Å². The molecule has 1 amide bonds. The van der Waals surface area contributed by atoms with Crippen LogP contribution in [0.15, 0.2) is 18.2 Å². The zero-order valence-corrected chi connectivity index (χ0v) is 10.4. The topological polar surface area (TPSA) is 49.3 Å². The molecule has 1 aromatic rings. The van der Waals surface area contributed by atoms with Crippen LogP contribution in [0.5, 0.6) is 0 Å². The van der Waals surface area contributed by atoms with Crippen LogP contribution in [-0.2, 0) is 11.0 Å². The van der Waals surface area contributed by atoms with Crippen LogP contribution in [-0.4, -0.2) is 16.6 Å². The summed E-state index contributed by atoms with van der Waals surface area (Å²) in [4.78, 5) is 11.4. The molecule has 18 heavy (non-hydrogen) atoms. The van der Waals surface area contributed by atoms with Gasteiger partial charge in [0.25, 0.3) is 5.91 Å². The molecular formula is C11H11ClF3NO2. The van der Waals surface area contributed by atoms with Crippen molar-refractivity contribution in [3.05, 3.63) is 28.8 Å². The van der Waals surface area contributed by atoms with Gasteiger partial charge in [0.15, 0.2) is 0 Å². The second-order valence-electron chi connectivity index (χ2n) is 4.21. The van der Waals surface area contributed by atoms with Gasteiger partial charge in [0.1, 0.15) is 5.60 Å². The first-order valence-electron chi connectivity index (χ1n) is 4.92. The van der Waals surface area contributed by atoms with Gasteiger partial charge in [0.2, 0.25) is 0 Å². The fraction of sp³-hybridized carbons (Fsp3) is 0.364. The van der Waals surface area contributed by atoms with Gasteiger partial charge in [-0.15, -0.1) is 0 Å². The molecule has 100 valence electrons. The van der Waals surface area contributed by atoms with E-state index in [1.807, 2.05) is 0 Å². The molecule has 0 heterocycles. The van der Waals surface area contributed by atoms with Crippen LogP contribution in [0.4, 0.5) is 18.9 Å². The summed E-state index contributed by atoms with van der Waals surface area (Å²) >= 11 is 5.63. The highest BCUT2D eigenvalue weighted by Gasteiger charge is 2.31. The van der Waals surface area contributed by atoms with Crippen molar-refractivity contribution in [3.8, 4) is 0 Å². The lowest BCUT2D eigenvalue weighted by molar-refractivity contribution is -0.137. The Hall–Kier alpha value is -1.27. The van der Waals surface area contributed by atoms with Gasteiger partial charge >= 0.3 is 6.18 Å². The Morgan fingerprint density at radius 1 is 1.33 bits per heavy atom. The van der Waals surface area contributed by atoms with Crippen molar-refractivity contribution in [3.63, 3.8) is 0 Å². The molecule has 0 unspecified atom stereocenters. The van der Waals surface area contributed by atoms with Gasteiger partial charge in [0.05, 0.1) is 16.3 Å². The number of benzene rings is 1. The quantitative estimate of drug-likeness (QED) is 0.875. The number of hydrogen-bond donors (Lipinski definition) is 2. The molecule has 3 nitrogen and oxygen atoms in total. The van der Waals surface area contributed by atoms with E-state index >= 15 is 0 Å². The maximum atomic E-state index is 12.4. The van der Waals surface area contributed by atoms with Crippen molar-refractivity contribution in [2.45, 2.75) is 25.6 Å². The predicted octanol–water partition coefficient (Wildman–Crippen LogP) is 3.07. The number of amides is 1. The fourth-order valence-corrected chi connectivity index (χ4v) is 1.30. The lowest BCUT2D eigenvalue weighted by Crippen LogP contribution is -2.36. The lowest BCUT2D eigenvalue weighted by Gasteiger charge is -2.17. The molecule has 0 atom stereocenters. The molecule has 0 aliphatic rings. The number of aliphatic hydroxyl groups is 1. The maximum Gasteiger partial charge on any atom is 0.416 e. The summed E-state index contributed by atoms with van der Waals surface area (Å²) in [5.41, 5.74) is -2.54. The fourth-order valence-electron chi connectivity index (χ4n) is 1.07. The molecule has 0 saturated heterocycles. The van der Waals surface area contributed by atoms with Crippen molar-refractivity contribution < 1.29 is 23.1 Å². The number of hydrogen-bond acceptors (Lipinski definition) is 2. The van der Waals surface area contributed by atoms with Crippen LogP contribution in [0.2, 0.25) is 5.02 Å². The Morgan fingerprint density at radius 3 is 2.28 bits per heavy atom. The number of carbonyl (C=O) groups is 1. The normalized spacial score (nSPS) is 12.4. The average molecular weight is 282 g/mol. The minimum atomic E-state index is -4.50. The highest BCUT2D eigenvalue weighted by molar-refractivity contribution is 6.33. The zero-order valence-electron chi connectivity index (χ0n) is 9.60. The van der Waals surface area contributed by atoms with E-state index < -0.39 is 23.2 Å². The number of anilines is 1. The maximum absolute atomic E-state index is 12.4. The molecular weight excluding hydrogens is 271 g/mol. The zero-order chi connectivity index (χ0) is 14.1. The molecule has 0 aliphatic heterocycles. The van der Waals surface area contributed by atoms with Gasteiger partial charge in [-0.25, -0.2) is 0 Å². The molecule has 0 aliphatic carbocycles. The highest BCUT2D eigenvalue weighted by Crippen LogP contribution is 2.33. The minimum absolute atomic E-state index is 0.0109. The van der Waals surface area contributed by atoms with E-state index in [0.717, 1.165) is 12.1 Å². The van der Waals surface area contributed by atoms with Crippen molar-refractivity contribution in [2.75, 3.05) is 5.32 Å². The molecule has 0 bridgehead atoms. The molecule has 1 aromatic carbocycles. The van der Waals surface area contributed by atoms with Gasteiger partial charge in [0, 0.05) is 0 Å². The van der Waals surface area contributed by atoms with Crippen LogP contribution < -0.4 is 5.32 Å². The molecule has 0 spiro atoms. The van der Waals surface area contributed by atoms with Gasteiger partial charge in [-0.2, -0.15) is 13.2 Å². The Morgan fingerprint density at radius 2 is 1.89 bits per heavy atom. The predicted molar refractivity (Wildman–Crippen MR) is 61.4 cm³/mol. The summed E-state index contributed by atoms with van der Waals surface area (Å²) in [5.74, 6) is -0.760. The van der Waals surface area contributed by atoms with E-state index in [0.29, 0.717) is 6.07 Å². The van der Waals surface area contributed by atoms with E-state index in [1.54, 1.807) is 0 Å². The van der Waals surface area contributed by atoms with Gasteiger partial charge in [-0.05, 0) is 32.0 Å². The Balaban J connectivity index is 2.98. The summed E-state index contributed by atoms with van der Waals surface area (Å²) in [7, 11) is 0. The second kappa shape index (κ2) is 4.78. The molecule has 1 rings (SSSR count). The van der Waals surface area contributed by atoms with Crippen molar-refractivity contribution in [1.29, 1.82) is 0 Å². The Bertz CT molecular complexity index is 466. The smallest absolute Gasteiger partial charge is 0.381 e. The van der Waals surface area contributed by atoms with E-state index in [-0.39, 0.29) is 10.7 Å². The Labute approximate surface area is 107 Å². The second-order valence-corrected chi connectivity index (χ2v) is 4.61.